The lowest BCUT2D eigenvalue weighted by molar-refractivity contribution is -0.118. The molecule has 0 spiro atoms. The van der Waals surface area contributed by atoms with Crippen molar-refractivity contribution >= 4 is 22.5 Å². The van der Waals surface area contributed by atoms with E-state index in [0.717, 1.165) is 0 Å². The van der Waals surface area contributed by atoms with E-state index in [0.29, 0.717) is 48.3 Å². The number of aromatic nitrogens is 2. The topological polar surface area (TPSA) is 96.7 Å². The molecule has 2 aromatic carbocycles. The summed E-state index contributed by atoms with van der Waals surface area (Å²) in [5.74, 6) is 0.563. The molecule has 8 heteroatoms. The Morgan fingerprint density at radius 2 is 1.97 bits per heavy atom. The monoisotopic (exact) mass is 422 g/mol. The van der Waals surface area contributed by atoms with Crippen LogP contribution in [-0.4, -0.2) is 57.8 Å². The molecule has 4 rings (SSSR count). The lowest BCUT2D eigenvalue weighted by Gasteiger charge is -2.38. The molecule has 1 amide bonds. The molecule has 31 heavy (non-hydrogen) atoms. The second-order valence-corrected chi connectivity index (χ2v) is 7.98. The van der Waals surface area contributed by atoms with E-state index in [4.69, 9.17) is 4.74 Å². The molecule has 0 aliphatic carbocycles. The Morgan fingerprint density at radius 1 is 1.19 bits per heavy atom. The largest absolute Gasteiger partial charge is 0.497 e. The third-order valence-corrected chi connectivity index (χ3v) is 5.70. The number of nitrogens with zero attached hydrogens (tertiary/aromatic N) is 3. The van der Waals surface area contributed by atoms with Crippen LogP contribution in [-0.2, 0) is 11.3 Å². The number of piperidine rings is 1. The summed E-state index contributed by atoms with van der Waals surface area (Å²) in [6.45, 7) is 1.56. The van der Waals surface area contributed by atoms with E-state index in [1.54, 1.807) is 31.4 Å². The number of hydrogen-bond donors (Lipinski definition) is 2. The van der Waals surface area contributed by atoms with Crippen molar-refractivity contribution < 1.29 is 14.6 Å². The molecule has 0 saturated carbocycles. The molecule has 1 aliphatic heterocycles. The van der Waals surface area contributed by atoms with Gasteiger partial charge in [0.25, 0.3) is 5.56 Å². The van der Waals surface area contributed by atoms with E-state index in [-0.39, 0.29) is 24.6 Å². The standard InChI is InChI=1S/C23H26N4O4/c1-31-18-6-4-5-17(13-18)25-21(28)14-26-11-9-23(30,10-12-26)15-27-16-24-20-8-3-2-7-19(20)22(27)29/h2-8,13,16,30H,9-12,14-15H2,1H3,(H,25,28). The Kier molecular flexibility index (Phi) is 6.01. The minimum atomic E-state index is -1.01. The summed E-state index contributed by atoms with van der Waals surface area (Å²) in [6, 6.07) is 14.4. The maximum absolute atomic E-state index is 12.7. The first-order valence-corrected chi connectivity index (χ1v) is 10.3. The quantitative estimate of drug-likeness (QED) is 0.630. The number of aliphatic hydroxyl groups is 1. The first kappa shape index (κ1) is 21.0. The summed E-state index contributed by atoms with van der Waals surface area (Å²) >= 11 is 0. The molecule has 2 heterocycles. The van der Waals surface area contributed by atoms with Crippen LogP contribution >= 0.6 is 0 Å². The summed E-state index contributed by atoms with van der Waals surface area (Å²) in [4.78, 5) is 31.4. The molecule has 1 aliphatic rings. The van der Waals surface area contributed by atoms with Crippen molar-refractivity contribution in [3.63, 3.8) is 0 Å². The van der Waals surface area contributed by atoms with Gasteiger partial charge >= 0.3 is 0 Å². The molecule has 8 nitrogen and oxygen atoms in total. The number of carbonyl (C=O) groups is 1. The van der Waals surface area contributed by atoms with E-state index < -0.39 is 5.60 Å². The van der Waals surface area contributed by atoms with Crippen LogP contribution in [0.1, 0.15) is 12.8 Å². The van der Waals surface area contributed by atoms with Gasteiger partial charge in [0, 0.05) is 24.8 Å². The first-order valence-electron chi connectivity index (χ1n) is 10.3. The lowest BCUT2D eigenvalue weighted by atomic mass is 9.91. The summed E-state index contributed by atoms with van der Waals surface area (Å²) in [5, 5.41) is 14.5. The van der Waals surface area contributed by atoms with Crippen molar-refractivity contribution in [2.24, 2.45) is 0 Å². The molecule has 1 fully saturated rings. The average Bonchev–Trinajstić information content (AvgIpc) is 2.78. The Hall–Kier alpha value is -3.23. The summed E-state index contributed by atoms with van der Waals surface area (Å²) < 4.78 is 6.65. The molecular weight excluding hydrogens is 396 g/mol. The number of likely N-dealkylation sites (tertiary alicyclic amines) is 1. The van der Waals surface area contributed by atoms with Crippen LogP contribution in [0.15, 0.2) is 59.7 Å². The number of carbonyl (C=O) groups excluding carboxylic acids is 1. The predicted octanol–water partition coefficient (Wildman–Crippen LogP) is 1.87. The minimum absolute atomic E-state index is 0.117. The van der Waals surface area contributed by atoms with Gasteiger partial charge in [0.2, 0.25) is 5.91 Å². The fourth-order valence-corrected chi connectivity index (χ4v) is 3.93. The van der Waals surface area contributed by atoms with Gasteiger partial charge in [-0.15, -0.1) is 0 Å². The molecular formula is C23H26N4O4. The highest BCUT2D eigenvalue weighted by Gasteiger charge is 2.33. The highest BCUT2D eigenvalue weighted by molar-refractivity contribution is 5.92. The highest BCUT2D eigenvalue weighted by Crippen LogP contribution is 2.24. The van der Waals surface area contributed by atoms with Crippen LogP contribution < -0.4 is 15.6 Å². The van der Waals surface area contributed by atoms with Crippen LogP contribution in [0.5, 0.6) is 5.75 Å². The zero-order valence-electron chi connectivity index (χ0n) is 17.5. The van der Waals surface area contributed by atoms with Gasteiger partial charge in [-0.1, -0.05) is 18.2 Å². The Bertz CT molecular complexity index is 1140. The molecule has 0 radical (unpaired) electrons. The molecule has 0 atom stereocenters. The number of benzene rings is 2. The second-order valence-electron chi connectivity index (χ2n) is 7.98. The van der Waals surface area contributed by atoms with Gasteiger partial charge in [-0.05, 0) is 37.1 Å². The highest BCUT2D eigenvalue weighted by atomic mass is 16.5. The van der Waals surface area contributed by atoms with Crippen molar-refractivity contribution in [3.05, 3.63) is 65.2 Å². The van der Waals surface area contributed by atoms with E-state index in [1.165, 1.54) is 10.9 Å². The number of anilines is 1. The third kappa shape index (κ3) is 4.92. The Labute approximate surface area is 180 Å². The fourth-order valence-electron chi connectivity index (χ4n) is 3.93. The van der Waals surface area contributed by atoms with Gasteiger partial charge in [0.1, 0.15) is 5.75 Å². The average molecular weight is 422 g/mol. The zero-order chi connectivity index (χ0) is 21.8. The molecule has 0 bridgehead atoms. The molecule has 1 aromatic heterocycles. The van der Waals surface area contributed by atoms with Gasteiger partial charge in [0.15, 0.2) is 0 Å². The van der Waals surface area contributed by atoms with Gasteiger partial charge in [-0.3, -0.25) is 19.1 Å². The molecule has 3 aromatic rings. The van der Waals surface area contributed by atoms with Crippen LogP contribution in [0.25, 0.3) is 10.9 Å². The third-order valence-electron chi connectivity index (χ3n) is 5.70. The smallest absolute Gasteiger partial charge is 0.261 e. The van der Waals surface area contributed by atoms with Crippen LogP contribution in [0, 0.1) is 0 Å². The van der Waals surface area contributed by atoms with Gasteiger partial charge in [-0.25, -0.2) is 4.98 Å². The maximum atomic E-state index is 12.7. The minimum Gasteiger partial charge on any atom is -0.497 e. The SMILES string of the molecule is COc1cccc(NC(=O)CN2CCC(O)(Cn3cnc4ccccc4c3=O)CC2)c1. The number of hydrogen-bond acceptors (Lipinski definition) is 6. The number of nitrogens with one attached hydrogen (secondary N) is 1. The second kappa shape index (κ2) is 8.87. The van der Waals surface area contributed by atoms with Crippen LogP contribution in [0.2, 0.25) is 0 Å². The van der Waals surface area contributed by atoms with E-state index in [9.17, 15) is 14.7 Å². The molecule has 0 unspecified atom stereocenters. The Morgan fingerprint density at radius 3 is 2.74 bits per heavy atom. The number of methoxy groups -OCH3 is 1. The Balaban J connectivity index is 1.34. The van der Waals surface area contributed by atoms with Gasteiger partial charge in [-0.2, -0.15) is 0 Å². The van der Waals surface area contributed by atoms with E-state index in [1.807, 2.05) is 29.2 Å². The molecule has 2 N–H and O–H groups in total. The maximum Gasteiger partial charge on any atom is 0.261 e. The number of ether oxygens (including phenoxy) is 1. The fraction of sp³-hybridized carbons (Fsp3) is 0.348. The van der Waals surface area contributed by atoms with Crippen molar-refractivity contribution in [1.82, 2.24) is 14.5 Å². The molecule has 162 valence electrons. The van der Waals surface area contributed by atoms with Crippen LogP contribution in [0.4, 0.5) is 5.69 Å². The van der Waals surface area contributed by atoms with Crippen molar-refractivity contribution in [2.45, 2.75) is 25.0 Å². The van der Waals surface area contributed by atoms with Gasteiger partial charge in [0.05, 0.1) is 43.0 Å². The van der Waals surface area contributed by atoms with Crippen molar-refractivity contribution in [2.75, 3.05) is 32.1 Å². The normalized spacial score (nSPS) is 16.2. The summed E-state index contributed by atoms with van der Waals surface area (Å²) in [6.07, 6.45) is 2.44. The predicted molar refractivity (Wildman–Crippen MR) is 118 cm³/mol. The number of amides is 1. The van der Waals surface area contributed by atoms with Crippen LogP contribution in [0.3, 0.4) is 0 Å². The lowest BCUT2D eigenvalue weighted by Crippen LogP contribution is -2.49. The van der Waals surface area contributed by atoms with E-state index in [2.05, 4.69) is 10.3 Å². The number of para-hydroxylation sites is 1. The summed E-state index contributed by atoms with van der Waals surface area (Å²) in [7, 11) is 1.58. The number of rotatable bonds is 6. The zero-order valence-corrected chi connectivity index (χ0v) is 17.5. The van der Waals surface area contributed by atoms with Gasteiger partial charge < -0.3 is 15.2 Å². The summed E-state index contributed by atoms with van der Waals surface area (Å²) in [5.41, 5.74) is 0.168. The van der Waals surface area contributed by atoms with E-state index >= 15 is 0 Å². The molecule has 1 saturated heterocycles. The first-order chi connectivity index (χ1) is 15.0. The van der Waals surface area contributed by atoms with Crippen molar-refractivity contribution in [3.8, 4) is 5.75 Å². The van der Waals surface area contributed by atoms with Crippen molar-refractivity contribution in [1.29, 1.82) is 0 Å². The number of fused-ring (bicyclic) bond motifs is 1.